The number of nitrogens with one attached hydrogen (secondary N) is 1. The molecular formula is C22H23F4N3O4S. The molecule has 184 valence electrons. The summed E-state index contributed by atoms with van der Waals surface area (Å²) in [4.78, 5) is 16.1. The number of hydrogen-bond donors (Lipinski definition) is 1. The summed E-state index contributed by atoms with van der Waals surface area (Å²) >= 11 is 0. The Labute approximate surface area is 194 Å². The lowest BCUT2D eigenvalue weighted by molar-refractivity contribution is 0.0236. The molecule has 2 heterocycles. The number of amides is 1. The molecule has 1 fully saturated rings. The lowest BCUT2D eigenvalue weighted by Crippen LogP contribution is -2.40. The minimum Gasteiger partial charge on any atom is -0.444 e. The van der Waals surface area contributed by atoms with Crippen LogP contribution in [0.4, 0.5) is 28.2 Å². The van der Waals surface area contributed by atoms with Gasteiger partial charge in [-0.25, -0.2) is 35.8 Å². The monoisotopic (exact) mass is 501 g/mol. The summed E-state index contributed by atoms with van der Waals surface area (Å²) in [6.45, 7) is 5.68. The number of rotatable bonds is 4. The first-order chi connectivity index (χ1) is 15.8. The van der Waals surface area contributed by atoms with Crippen molar-refractivity contribution in [2.24, 2.45) is 0 Å². The van der Waals surface area contributed by atoms with E-state index in [-0.39, 0.29) is 49.6 Å². The third-order valence-corrected chi connectivity index (χ3v) is 6.18. The topological polar surface area (TPSA) is 88.6 Å². The fraction of sp³-hybridized carbons (Fsp3) is 0.364. The summed E-state index contributed by atoms with van der Waals surface area (Å²) in [7, 11) is -4.82. The maximum atomic E-state index is 15.1. The molecule has 0 saturated carbocycles. The van der Waals surface area contributed by atoms with E-state index in [1.54, 1.807) is 20.8 Å². The molecule has 3 rings (SSSR count). The fourth-order valence-corrected chi connectivity index (χ4v) is 4.40. The van der Waals surface area contributed by atoms with Crippen LogP contribution >= 0.6 is 0 Å². The van der Waals surface area contributed by atoms with Crippen LogP contribution in [0.5, 0.6) is 0 Å². The fourth-order valence-electron chi connectivity index (χ4n) is 3.27. The number of anilines is 1. The van der Waals surface area contributed by atoms with Crippen molar-refractivity contribution in [2.45, 2.75) is 44.1 Å². The molecule has 0 spiro atoms. The van der Waals surface area contributed by atoms with E-state index in [1.165, 1.54) is 23.1 Å². The Morgan fingerprint density at radius 2 is 1.68 bits per heavy atom. The van der Waals surface area contributed by atoms with Gasteiger partial charge in [0.25, 0.3) is 10.0 Å². The normalized spacial score (nSPS) is 14.7. The number of nitrogens with zero attached hydrogens (tertiary/aromatic N) is 2. The summed E-state index contributed by atoms with van der Waals surface area (Å²) in [5.41, 5.74) is -0.473. The van der Waals surface area contributed by atoms with Gasteiger partial charge >= 0.3 is 6.09 Å². The van der Waals surface area contributed by atoms with E-state index in [4.69, 9.17) is 4.74 Å². The number of sulfonamides is 1. The Bertz CT molecular complexity index is 1210. The van der Waals surface area contributed by atoms with Crippen LogP contribution in [0.1, 0.15) is 39.3 Å². The summed E-state index contributed by atoms with van der Waals surface area (Å²) in [6, 6.07) is 4.25. The van der Waals surface area contributed by atoms with Gasteiger partial charge in [0.05, 0.1) is 0 Å². The lowest BCUT2D eigenvalue weighted by atomic mass is 10.0. The van der Waals surface area contributed by atoms with Crippen molar-refractivity contribution in [3.63, 3.8) is 0 Å². The van der Waals surface area contributed by atoms with Gasteiger partial charge in [0, 0.05) is 25.2 Å². The molecule has 0 radical (unpaired) electrons. The smallest absolute Gasteiger partial charge is 0.410 e. The summed E-state index contributed by atoms with van der Waals surface area (Å²) in [5.74, 6) is -5.59. The van der Waals surface area contributed by atoms with E-state index >= 15 is 4.39 Å². The highest BCUT2D eigenvalue weighted by Crippen LogP contribution is 2.29. The van der Waals surface area contributed by atoms with Crippen LogP contribution in [-0.4, -0.2) is 43.1 Å². The number of aromatic nitrogens is 1. The van der Waals surface area contributed by atoms with Gasteiger partial charge in [-0.3, -0.25) is 4.72 Å². The van der Waals surface area contributed by atoms with E-state index in [2.05, 4.69) is 4.98 Å². The van der Waals surface area contributed by atoms with Crippen LogP contribution in [0.3, 0.4) is 0 Å². The van der Waals surface area contributed by atoms with Crippen molar-refractivity contribution < 1.29 is 35.5 Å². The molecule has 34 heavy (non-hydrogen) atoms. The second-order valence-corrected chi connectivity index (χ2v) is 10.2. The minimum atomic E-state index is -4.82. The van der Waals surface area contributed by atoms with E-state index in [0.29, 0.717) is 5.57 Å². The molecule has 1 aliphatic rings. The number of hydrogen-bond acceptors (Lipinski definition) is 5. The zero-order valence-corrected chi connectivity index (χ0v) is 19.5. The largest absolute Gasteiger partial charge is 0.444 e. The maximum absolute atomic E-state index is 15.1. The lowest BCUT2D eigenvalue weighted by Gasteiger charge is -2.31. The van der Waals surface area contributed by atoms with Crippen molar-refractivity contribution in [3.05, 3.63) is 59.1 Å². The van der Waals surface area contributed by atoms with Crippen LogP contribution in [0.25, 0.3) is 5.83 Å². The van der Waals surface area contributed by atoms with Gasteiger partial charge in [0.2, 0.25) is 0 Å². The Balaban J connectivity index is 1.77. The summed E-state index contributed by atoms with van der Waals surface area (Å²) in [5, 5.41) is 0. The number of piperidine rings is 1. The number of likely N-dealkylation sites (tertiary alicyclic amines) is 1. The minimum absolute atomic E-state index is 0.194. The molecule has 1 saturated heterocycles. The average molecular weight is 502 g/mol. The highest BCUT2D eigenvalue weighted by molar-refractivity contribution is 7.92. The number of ether oxygens (including phenoxy) is 1. The van der Waals surface area contributed by atoms with Crippen LogP contribution in [-0.2, 0) is 14.8 Å². The maximum Gasteiger partial charge on any atom is 0.410 e. The predicted molar refractivity (Wildman–Crippen MR) is 116 cm³/mol. The number of pyridine rings is 1. The highest BCUT2D eigenvalue weighted by atomic mass is 32.2. The molecule has 2 aromatic rings. The van der Waals surface area contributed by atoms with E-state index in [9.17, 15) is 26.4 Å². The Kier molecular flexibility index (Phi) is 7.20. The Morgan fingerprint density at radius 3 is 2.24 bits per heavy atom. The number of benzene rings is 1. The summed E-state index contributed by atoms with van der Waals surface area (Å²) in [6.07, 6.45) is -0.0644. The predicted octanol–water partition coefficient (Wildman–Crippen LogP) is 5.01. The first-order valence-corrected chi connectivity index (χ1v) is 11.8. The first-order valence-electron chi connectivity index (χ1n) is 10.3. The number of halogens is 4. The Morgan fingerprint density at radius 1 is 1.09 bits per heavy atom. The van der Waals surface area contributed by atoms with Crippen molar-refractivity contribution in [1.29, 1.82) is 0 Å². The van der Waals surface area contributed by atoms with Crippen LogP contribution in [0.15, 0.2) is 40.8 Å². The van der Waals surface area contributed by atoms with Crippen molar-refractivity contribution in [2.75, 3.05) is 17.8 Å². The molecule has 0 atom stereocenters. The first kappa shape index (κ1) is 25.5. The molecule has 1 amide bonds. The highest BCUT2D eigenvalue weighted by Gasteiger charge is 2.28. The van der Waals surface area contributed by atoms with Gasteiger partial charge in [-0.1, -0.05) is 6.07 Å². The van der Waals surface area contributed by atoms with Crippen LogP contribution in [0.2, 0.25) is 0 Å². The quantitative estimate of drug-likeness (QED) is 0.595. The number of carbonyl (C=O) groups is 1. The van der Waals surface area contributed by atoms with Crippen molar-refractivity contribution in [3.8, 4) is 0 Å². The molecule has 1 N–H and O–H groups in total. The zero-order valence-electron chi connectivity index (χ0n) is 18.7. The molecule has 0 aliphatic carbocycles. The van der Waals surface area contributed by atoms with Gasteiger partial charge in [0.15, 0.2) is 4.90 Å². The molecular weight excluding hydrogens is 478 g/mol. The molecule has 0 unspecified atom stereocenters. The van der Waals surface area contributed by atoms with Gasteiger partial charge in [-0.05, 0) is 51.3 Å². The molecule has 1 aliphatic heterocycles. The van der Waals surface area contributed by atoms with Crippen LogP contribution in [0, 0.1) is 17.5 Å². The SMILES string of the molecule is CC(C)(C)OC(=O)N1CCC(=C(F)c2cccc(NS(=O)(=O)c3c(F)cc(F)cc3F)n2)CC1. The van der Waals surface area contributed by atoms with Crippen LogP contribution < -0.4 is 4.72 Å². The molecule has 12 heteroatoms. The molecule has 7 nitrogen and oxygen atoms in total. The standard InChI is InChI=1S/C22H23F4N3O4S/c1-22(2,3)33-21(30)29-9-7-13(8-10-29)19(26)17-5-4-6-18(27-17)28-34(31,32)20-15(24)11-14(23)12-16(20)25/h4-6,11-12H,7-10H2,1-3H3,(H,27,28). The average Bonchev–Trinajstić information content (AvgIpc) is 2.71. The third kappa shape index (κ3) is 6.04. The number of carbonyl (C=O) groups excluding carboxylic acids is 1. The van der Waals surface area contributed by atoms with E-state index in [0.717, 1.165) is 0 Å². The molecule has 1 aromatic heterocycles. The second-order valence-electron chi connectivity index (χ2n) is 8.60. The van der Waals surface area contributed by atoms with Gasteiger partial charge in [-0.2, -0.15) is 0 Å². The van der Waals surface area contributed by atoms with Gasteiger partial charge in [0.1, 0.15) is 40.4 Å². The molecule has 0 bridgehead atoms. The van der Waals surface area contributed by atoms with Crippen molar-refractivity contribution >= 4 is 27.8 Å². The van der Waals surface area contributed by atoms with E-state index < -0.39 is 49.9 Å². The van der Waals surface area contributed by atoms with Crippen molar-refractivity contribution in [1.82, 2.24) is 9.88 Å². The van der Waals surface area contributed by atoms with Gasteiger partial charge < -0.3 is 9.64 Å². The van der Waals surface area contributed by atoms with Gasteiger partial charge in [-0.15, -0.1) is 0 Å². The zero-order chi connectivity index (χ0) is 25.3. The third-order valence-electron chi connectivity index (χ3n) is 4.77. The summed E-state index contributed by atoms with van der Waals surface area (Å²) < 4.78 is 88.0. The second kappa shape index (κ2) is 9.61. The van der Waals surface area contributed by atoms with E-state index in [1.807, 2.05) is 4.72 Å². The Hall–Kier alpha value is -3.15. The molecule has 1 aromatic carbocycles.